The minimum absolute atomic E-state index is 0.889. The number of aryl methyl sites for hydroxylation is 2. The topological polar surface area (TPSA) is 50.9 Å². The third-order valence-corrected chi connectivity index (χ3v) is 1.38. The van der Waals surface area contributed by atoms with Gasteiger partial charge in [-0.25, -0.2) is 0 Å². The fourth-order valence-electron chi connectivity index (χ4n) is 0.784. The number of hydrazine groups is 1. The standard InChI is InChI=1S/C7H11N3/c1-5-3-7(10-8)6(2)9-4-5/h3-4,10H,8H2,1-2H3. The van der Waals surface area contributed by atoms with E-state index in [0.717, 1.165) is 16.9 Å². The van der Waals surface area contributed by atoms with Gasteiger partial charge in [0, 0.05) is 6.20 Å². The van der Waals surface area contributed by atoms with Crippen LogP contribution < -0.4 is 11.3 Å². The van der Waals surface area contributed by atoms with Crippen LogP contribution in [0.15, 0.2) is 12.3 Å². The van der Waals surface area contributed by atoms with E-state index in [-0.39, 0.29) is 0 Å². The quantitative estimate of drug-likeness (QED) is 0.448. The average Bonchev–Trinajstić information content (AvgIpc) is 1.94. The Hall–Kier alpha value is -1.09. The number of anilines is 1. The van der Waals surface area contributed by atoms with Crippen molar-refractivity contribution in [1.82, 2.24) is 4.98 Å². The molecule has 0 fully saturated rings. The normalized spacial score (nSPS) is 9.50. The summed E-state index contributed by atoms with van der Waals surface area (Å²) in [6, 6.07) is 1.96. The van der Waals surface area contributed by atoms with E-state index in [1.165, 1.54) is 0 Å². The number of rotatable bonds is 1. The number of nitrogen functional groups attached to an aromatic ring is 1. The fourth-order valence-corrected chi connectivity index (χ4v) is 0.784. The second-order valence-electron chi connectivity index (χ2n) is 2.29. The zero-order valence-corrected chi connectivity index (χ0v) is 6.18. The molecule has 1 rings (SSSR count). The summed E-state index contributed by atoms with van der Waals surface area (Å²) in [5, 5.41) is 0. The van der Waals surface area contributed by atoms with E-state index < -0.39 is 0 Å². The van der Waals surface area contributed by atoms with E-state index in [4.69, 9.17) is 5.84 Å². The third kappa shape index (κ3) is 1.25. The molecule has 0 aliphatic carbocycles. The first-order valence-corrected chi connectivity index (χ1v) is 3.14. The fraction of sp³-hybridized carbons (Fsp3) is 0.286. The molecule has 10 heavy (non-hydrogen) atoms. The zero-order chi connectivity index (χ0) is 7.56. The molecule has 54 valence electrons. The SMILES string of the molecule is Cc1cnc(C)c(NN)c1. The molecule has 1 heterocycles. The maximum absolute atomic E-state index is 5.23. The number of aromatic nitrogens is 1. The summed E-state index contributed by atoms with van der Waals surface area (Å²) in [7, 11) is 0. The van der Waals surface area contributed by atoms with Crippen LogP contribution in [0.2, 0.25) is 0 Å². The number of pyridine rings is 1. The number of hydrogen-bond acceptors (Lipinski definition) is 3. The summed E-state index contributed by atoms with van der Waals surface area (Å²) < 4.78 is 0. The van der Waals surface area contributed by atoms with Crippen molar-refractivity contribution < 1.29 is 0 Å². The van der Waals surface area contributed by atoms with E-state index in [0.29, 0.717) is 0 Å². The monoisotopic (exact) mass is 137 g/mol. The first-order valence-electron chi connectivity index (χ1n) is 3.14. The van der Waals surface area contributed by atoms with E-state index in [1.807, 2.05) is 26.1 Å². The Morgan fingerprint density at radius 2 is 2.20 bits per heavy atom. The second kappa shape index (κ2) is 2.66. The molecule has 0 atom stereocenters. The minimum atomic E-state index is 0.889. The summed E-state index contributed by atoms with van der Waals surface area (Å²) >= 11 is 0. The maximum atomic E-state index is 5.23. The van der Waals surface area contributed by atoms with Crippen LogP contribution in [0.5, 0.6) is 0 Å². The summed E-state index contributed by atoms with van der Waals surface area (Å²) in [6.45, 7) is 3.89. The van der Waals surface area contributed by atoms with Crippen molar-refractivity contribution in [3.05, 3.63) is 23.5 Å². The molecule has 0 aliphatic rings. The molecule has 1 aromatic heterocycles. The first kappa shape index (κ1) is 7.02. The smallest absolute Gasteiger partial charge is 0.0701 e. The molecular formula is C7H11N3. The molecule has 3 N–H and O–H groups in total. The van der Waals surface area contributed by atoms with Crippen LogP contribution in [0, 0.1) is 13.8 Å². The molecule has 0 saturated heterocycles. The molecule has 1 aromatic rings. The lowest BCUT2D eigenvalue weighted by molar-refractivity contribution is 1.15. The van der Waals surface area contributed by atoms with Crippen LogP contribution >= 0.6 is 0 Å². The van der Waals surface area contributed by atoms with Gasteiger partial charge in [-0.05, 0) is 25.5 Å². The van der Waals surface area contributed by atoms with Crippen LogP contribution in [0.4, 0.5) is 5.69 Å². The van der Waals surface area contributed by atoms with Gasteiger partial charge in [0.05, 0.1) is 11.4 Å². The zero-order valence-electron chi connectivity index (χ0n) is 6.18. The van der Waals surface area contributed by atoms with Crippen LogP contribution in [0.1, 0.15) is 11.3 Å². The number of nitrogens with one attached hydrogen (secondary N) is 1. The third-order valence-electron chi connectivity index (χ3n) is 1.38. The van der Waals surface area contributed by atoms with Crippen molar-refractivity contribution in [2.75, 3.05) is 5.43 Å². The minimum Gasteiger partial charge on any atom is -0.322 e. The summed E-state index contributed by atoms with van der Waals surface area (Å²) in [5.41, 5.74) is 5.50. The number of nitrogens with zero attached hydrogens (tertiary/aromatic N) is 1. The Bertz CT molecular complexity index is 232. The van der Waals surface area contributed by atoms with Crippen molar-refractivity contribution in [3.8, 4) is 0 Å². The molecule has 0 bridgehead atoms. The van der Waals surface area contributed by atoms with Crippen LogP contribution in [-0.4, -0.2) is 4.98 Å². The molecule has 3 nitrogen and oxygen atoms in total. The average molecular weight is 137 g/mol. The van der Waals surface area contributed by atoms with Crippen molar-refractivity contribution in [3.63, 3.8) is 0 Å². The van der Waals surface area contributed by atoms with Gasteiger partial charge in [0.1, 0.15) is 0 Å². The Balaban J connectivity index is 3.09. The molecule has 0 aliphatic heterocycles. The molecule has 0 radical (unpaired) electrons. The second-order valence-corrected chi connectivity index (χ2v) is 2.29. The molecule has 0 aromatic carbocycles. The Kier molecular flexibility index (Phi) is 1.87. The molecule has 0 amide bonds. The molecule has 3 heteroatoms. The van der Waals surface area contributed by atoms with Crippen molar-refractivity contribution in [1.29, 1.82) is 0 Å². The Morgan fingerprint density at radius 1 is 1.50 bits per heavy atom. The number of hydrogen-bond donors (Lipinski definition) is 2. The highest BCUT2D eigenvalue weighted by Crippen LogP contribution is 2.10. The molecule has 0 saturated carbocycles. The first-order chi connectivity index (χ1) is 4.74. The van der Waals surface area contributed by atoms with Gasteiger partial charge in [-0.3, -0.25) is 10.8 Å². The Morgan fingerprint density at radius 3 is 2.70 bits per heavy atom. The molecular weight excluding hydrogens is 126 g/mol. The summed E-state index contributed by atoms with van der Waals surface area (Å²) in [5.74, 6) is 5.23. The number of nitrogens with two attached hydrogens (primary N) is 1. The lowest BCUT2D eigenvalue weighted by atomic mass is 10.2. The van der Waals surface area contributed by atoms with Crippen molar-refractivity contribution >= 4 is 5.69 Å². The van der Waals surface area contributed by atoms with Gasteiger partial charge in [-0.1, -0.05) is 0 Å². The summed E-state index contributed by atoms with van der Waals surface area (Å²) in [6.07, 6.45) is 1.82. The van der Waals surface area contributed by atoms with Gasteiger partial charge in [0.15, 0.2) is 0 Å². The van der Waals surface area contributed by atoms with E-state index >= 15 is 0 Å². The highest BCUT2D eigenvalue weighted by molar-refractivity contribution is 5.47. The van der Waals surface area contributed by atoms with Gasteiger partial charge in [-0.15, -0.1) is 0 Å². The van der Waals surface area contributed by atoms with Crippen molar-refractivity contribution in [2.24, 2.45) is 5.84 Å². The summed E-state index contributed by atoms with van der Waals surface area (Å²) in [4.78, 5) is 4.11. The molecule has 0 unspecified atom stereocenters. The van der Waals surface area contributed by atoms with E-state index in [1.54, 1.807) is 0 Å². The molecule has 0 spiro atoms. The Labute approximate surface area is 60.2 Å². The van der Waals surface area contributed by atoms with Gasteiger partial charge in [0.25, 0.3) is 0 Å². The van der Waals surface area contributed by atoms with E-state index in [9.17, 15) is 0 Å². The predicted molar refractivity (Wildman–Crippen MR) is 41.5 cm³/mol. The van der Waals surface area contributed by atoms with Crippen LogP contribution in [0.3, 0.4) is 0 Å². The van der Waals surface area contributed by atoms with Gasteiger partial charge >= 0.3 is 0 Å². The lowest BCUT2D eigenvalue weighted by Gasteiger charge is -2.03. The van der Waals surface area contributed by atoms with Crippen molar-refractivity contribution in [2.45, 2.75) is 13.8 Å². The predicted octanol–water partition coefficient (Wildman–Crippen LogP) is 0.984. The largest absolute Gasteiger partial charge is 0.322 e. The van der Waals surface area contributed by atoms with Gasteiger partial charge < -0.3 is 5.43 Å². The van der Waals surface area contributed by atoms with Gasteiger partial charge in [-0.2, -0.15) is 0 Å². The highest BCUT2D eigenvalue weighted by Gasteiger charge is 1.94. The highest BCUT2D eigenvalue weighted by atomic mass is 15.2. The van der Waals surface area contributed by atoms with E-state index in [2.05, 4.69) is 10.4 Å². The lowest BCUT2D eigenvalue weighted by Crippen LogP contribution is -2.08. The van der Waals surface area contributed by atoms with Gasteiger partial charge in [0.2, 0.25) is 0 Å². The van der Waals surface area contributed by atoms with Crippen LogP contribution in [0.25, 0.3) is 0 Å². The maximum Gasteiger partial charge on any atom is 0.0701 e. The van der Waals surface area contributed by atoms with Crippen LogP contribution in [-0.2, 0) is 0 Å².